The van der Waals surface area contributed by atoms with Gasteiger partial charge in [0.15, 0.2) is 0 Å². The van der Waals surface area contributed by atoms with E-state index >= 15 is 0 Å². The average molecular weight is 945 g/mol. The monoisotopic (exact) mass is 944 g/mol. The van der Waals surface area contributed by atoms with Gasteiger partial charge in [0.2, 0.25) is 41.4 Å². The number of carboxylic acids is 1. The summed E-state index contributed by atoms with van der Waals surface area (Å²) in [6.45, 7) is 1.71. The van der Waals surface area contributed by atoms with Gasteiger partial charge in [-0.25, -0.2) is 0 Å². The average Bonchev–Trinajstić information content (AvgIpc) is 3.90. The smallest absolute Gasteiger partial charge is 0.300 e. The second-order valence-electron chi connectivity index (χ2n) is 17.7. The third kappa shape index (κ3) is 13.4. The minimum absolute atomic E-state index is 0.00950. The van der Waals surface area contributed by atoms with Gasteiger partial charge in [0.25, 0.3) is 11.9 Å². The van der Waals surface area contributed by atoms with Gasteiger partial charge >= 0.3 is 0 Å². The number of fused-ring (bicyclic) bond motifs is 2. The first kappa shape index (κ1) is 51.0. The summed E-state index contributed by atoms with van der Waals surface area (Å²) in [7, 11) is 0. The molecule has 4 aliphatic rings. The number of benzene rings is 3. The van der Waals surface area contributed by atoms with Crippen LogP contribution in [0.5, 0.6) is 0 Å². The highest BCUT2D eigenvalue weighted by molar-refractivity contribution is 6.05. The standard InChI is InChI=1S/C49H56N8O8.C2H4O2/c50-37-30-55(43(60)20-11-3-1-2-6-13-31-18-12-19-35-36(31)29-56(48(35)64)39-24-26-42(59)53-46(39)62)28-27-34-21-23-40(57(34)49(37)65)47(63)52-38(22-25-41(51)58)45(61)54-44(32-14-7-4-8-15-32)33-16-9-5-10-17-33;1-2(3)4/h4-5,7-10,12,14-19,34,37-40,44H,1-3,11,20-30,50H2,(H2,51,58)(H,52,63)(H,54,61)(H,53,59,62);1H3,(H,3,4)/t34-,37+,38+,39?,40+;/m1./s1. The van der Waals surface area contributed by atoms with Crippen molar-refractivity contribution in [2.45, 2.75) is 127 Å². The van der Waals surface area contributed by atoms with Crippen molar-refractivity contribution < 1.29 is 48.3 Å². The molecule has 7 rings (SSSR count). The van der Waals surface area contributed by atoms with Crippen molar-refractivity contribution in [3.8, 4) is 11.8 Å². The number of unbranched alkanes of at least 4 members (excludes halogenated alkanes) is 3. The van der Waals surface area contributed by atoms with Crippen LogP contribution in [0.25, 0.3) is 0 Å². The molecule has 3 aromatic carbocycles. The first-order valence-corrected chi connectivity index (χ1v) is 23.4. The molecule has 69 heavy (non-hydrogen) atoms. The van der Waals surface area contributed by atoms with Crippen molar-refractivity contribution >= 4 is 53.2 Å². The summed E-state index contributed by atoms with van der Waals surface area (Å²) in [5.74, 6) is 2.31. The van der Waals surface area contributed by atoms with Gasteiger partial charge in [-0.15, -0.1) is 0 Å². The van der Waals surface area contributed by atoms with E-state index in [1.165, 1.54) is 9.80 Å². The highest BCUT2D eigenvalue weighted by Crippen LogP contribution is 2.31. The molecule has 4 aliphatic heterocycles. The Balaban J connectivity index is 0.00000188. The summed E-state index contributed by atoms with van der Waals surface area (Å²) in [6, 6.07) is 19.5. The Hall–Kier alpha value is -7.39. The number of rotatable bonds is 15. The summed E-state index contributed by atoms with van der Waals surface area (Å²) in [4.78, 5) is 118. The van der Waals surface area contributed by atoms with E-state index in [2.05, 4.69) is 27.8 Å². The molecule has 5 atom stereocenters. The number of carbonyl (C=O) groups is 9. The van der Waals surface area contributed by atoms with Crippen molar-refractivity contribution in [1.29, 1.82) is 0 Å². The summed E-state index contributed by atoms with van der Waals surface area (Å²) in [6.07, 6.45) is 4.59. The molecule has 364 valence electrons. The van der Waals surface area contributed by atoms with Crippen LogP contribution in [0.1, 0.15) is 123 Å². The van der Waals surface area contributed by atoms with Gasteiger partial charge in [0, 0.05) is 69.4 Å². The second-order valence-corrected chi connectivity index (χ2v) is 17.7. The number of carbonyl (C=O) groups excluding carboxylic acids is 8. The zero-order valence-electron chi connectivity index (χ0n) is 38.7. The highest BCUT2D eigenvalue weighted by Gasteiger charge is 2.45. The Morgan fingerprint density at radius 3 is 2.17 bits per heavy atom. The van der Waals surface area contributed by atoms with Gasteiger partial charge in [0.1, 0.15) is 24.2 Å². The van der Waals surface area contributed by atoms with Crippen LogP contribution in [0.3, 0.4) is 0 Å². The minimum Gasteiger partial charge on any atom is -0.481 e. The van der Waals surface area contributed by atoms with Gasteiger partial charge in [-0.3, -0.25) is 48.5 Å². The number of carboxylic acid groups (broad SMARTS) is 1. The summed E-state index contributed by atoms with van der Waals surface area (Å²) < 4.78 is 0. The third-order valence-corrected chi connectivity index (χ3v) is 12.7. The largest absolute Gasteiger partial charge is 0.481 e. The zero-order valence-corrected chi connectivity index (χ0v) is 38.7. The fourth-order valence-corrected chi connectivity index (χ4v) is 9.29. The van der Waals surface area contributed by atoms with Crippen LogP contribution in [-0.4, -0.2) is 116 Å². The number of amides is 8. The maximum absolute atomic E-state index is 14.0. The van der Waals surface area contributed by atoms with E-state index < -0.39 is 65.7 Å². The maximum atomic E-state index is 14.0. The van der Waals surface area contributed by atoms with E-state index in [0.29, 0.717) is 44.2 Å². The lowest BCUT2D eigenvalue weighted by molar-refractivity contribution is -0.145. The quantitative estimate of drug-likeness (QED) is 0.0732. The molecule has 0 aromatic heterocycles. The number of piperidine rings is 1. The molecular formula is C51H60N8O10. The number of hydrogen-bond donors (Lipinski definition) is 6. The molecule has 3 saturated heterocycles. The van der Waals surface area contributed by atoms with Crippen LogP contribution >= 0.6 is 0 Å². The van der Waals surface area contributed by atoms with Crippen LogP contribution < -0.4 is 27.4 Å². The molecule has 18 nitrogen and oxygen atoms in total. The lowest BCUT2D eigenvalue weighted by Gasteiger charge is -2.37. The lowest BCUT2D eigenvalue weighted by Crippen LogP contribution is -2.60. The molecule has 8 N–H and O–H groups in total. The van der Waals surface area contributed by atoms with Crippen molar-refractivity contribution in [1.82, 2.24) is 30.7 Å². The molecular weight excluding hydrogens is 885 g/mol. The van der Waals surface area contributed by atoms with E-state index in [9.17, 15) is 38.4 Å². The Bertz CT molecular complexity index is 2430. The summed E-state index contributed by atoms with van der Waals surface area (Å²) in [5.41, 5.74) is 15.6. The van der Waals surface area contributed by atoms with Crippen LogP contribution in [0, 0.1) is 11.8 Å². The number of imide groups is 1. The molecule has 1 unspecified atom stereocenters. The van der Waals surface area contributed by atoms with Crippen molar-refractivity contribution in [2.24, 2.45) is 11.5 Å². The normalized spacial score (nSPS) is 20.2. The number of hydrogen-bond acceptors (Lipinski definition) is 10. The molecule has 0 aliphatic carbocycles. The van der Waals surface area contributed by atoms with Gasteiger partial charge < -0.3 is 41.9 Å². The number of nitrogens with two attached hydrogens (primary N) is 2. The van der Waals surface area contributed by atoms with Gasteiger partial charge in [-0.2, -0.15) is 0 Å². The summed E-state index contributed by atoms with van der Waals surface area (Å²) >= 11 is 0. The number of nitrogens with one attached hydrogen (secondary N) is 3. The first-order valence-electron chi connectivity index (χ1n) is 23.4. The Morgan fingerprint density at radius 1 is 0.841 bits per heavy atom. The third-order valence-electron chi connectivity index (χ3n) is 12.7. The second kappa shape index (κ2) is 24.1. The maximum Gasteiger partial charge on any atom is 0.300 e. The van der Waals surface area contributed by atoms with Gasteiger partial charge in [0.05, 0.1) is 6.04 Å². The predicted octanol–water partition coefficient (Wildman–Crippen LogP) is 2.42. The van der Waals surface area contributed by atoms with E-state index in [4.69, 9.17) is 21.4 Å². The first-order chi connectivity index (χ1) is 33.1. The van der Waals surface area contributed by atoms with E-state index in [1.54, 1.807) is 17.0 Å². The molecule has 0 saturated carbocycles. The zero-order chi connectivity index (χ0) is 49.6. The Labute approximate surface area is 400 Å². The van der Waals surface area contributed by atoms with Crippen molar-refractivity contribution in [2.75, 3.05) is 13.1 Å². The molecule has 18 heteroatoms. The highest BCUT2D eigenvalue weighted by atomic mass is 16.4. The molecule has 3 fully saturated rings. The van der Waals surface area contributed by atoms with Crippen LogP contribution in [-0.2, 0) is 44.9 Å². The SMILES string of the molecule is CC(=O)O.NC(=O)CC[C@H](NC(=O)[C@@H]1CC[C@@H]2CCN(C(=O)CCCCCC#Cc3cccc4c3CN(C3CCC(=O)NC3=O)C4=O)C[C@H](N)C(=O)N21)C(=O)NC(c1ccccc1)c1ccccc1. The van der Waals surface area contributed by atoms with Crippen LogP contribution in [0.15, 0.2) is 78.9 Å². The van der Waals surface area contributed by atoms with Crippen molar-refractivity contribution in [3.05, 3.63) is 107 Å². The number of aliphatic carboxylic acids is 1. The fourth-order valence-electron chi connectivity index (χ4n) is 9.29. The molecule has 0 bridgehead atoms. The fraction of sp³-hybridized carbons (Fsp3) is 0.431. The van der Waals surface area contributed by atoms with Gasteiger partial charge in [-0.05, 0) is 73.8 Å². The summed E-state index contributed by atoms with van der Waals surface area (Å²) in [5, 5.41) is 15.6. The van der Waals surface area contributed by atoms with Crippen molar-refractivity contribution in [3.63, 3.8) is 0 Å². The molecule has 3 aromatic rings. The Morgan fingerprint density at radius 2 is 1.52 bits per heavy atom. The molecule has 4 heterocycles. The number of nitrogens with zero attached hydrogens (tertiary/aromatic N) is 3. The topological polar surface area (TPSA) is 272 Å². The molecule has 0 spiro atoms. The van der Waals surface area contributed by atoms with E-state index in [1.807, 2.05) is 66.7 Å². The van der Waals surface area contributed by atoms with E-state index in [0.717, 1.165) is 42.0 Å². The molecule has 8 amide bonds. The van der Waals surface area contributed by atoms with Gasteiger partial charge in [-0.1, -0.05) is 85.0 Å². The molecule has 0 radical (unpaired) electrons. The number of primary amides is 1. The van der Waals surface area contributed by atoms with Crippen LogP contribution in [0.4, 0.5) is 0 Å². The van der Waals surface area contributed by atoms with Crippen LogP contribution in [0.2, 0.25) is 0 Å². The minimum atomic E-state index is -1.11. The Kier molecular flexibility index (Phi) is 17.8. The van der Waals surface area contributed by atoms with E-state index in [-0.39, 0.29) is 69.0 Å². The lowest BCUT2D eigenvalue weighted by atomic mass is 9.98. The predicted molar refractivity (Wildman–Crippen MR) is 252 cm³/mol.